The number of benzene rings is 1. The molecule has 0 spiro atoms. The fourth-order valence-corrected chi connectivity index (χ4v) is 2.72. The number of hydrogen-bond acceptors (Lipinski definition) is 2. The summed E-state index contributed by atoms with van der Waals surface area (Å²) >= 11 is 0. The quantitative estimate of drug-likeness (QED) is 0.290. The van der Waals surface area contributed by atoms with Crippen LogP contribution in [-0.4, -0.2) is 49.7 Å². The van der Waals surface area contributed by atoms with Crippen molar-refractivity contribution in [2.24, 2.45) is 12.0 Å². The zero-order valence-corrected chi connectivity index (χ0v) is 18.3. The van der Waals surface area contributed by atoms with Crippen molar-refractivity contribution in [3.63, 3.8) is 0 Å². The highest BCUT2D eigenvalue weighted by molar-refractivity contribution is 14.0. The standard InChI is InChI=1S/C19H28FN5.HI/c1-21-19(25(4)15-18-10-6-12-24(18)3)22-11-7-13-23(2)17-9-5-8-16(20)14-17;/h5-6,8-10,12,14H,7,11,13,15H2,1-4H3,(H,21,22);1H. The van der Waals surface area contributed by atoms with Crippen LogP contribution in [0.1, 0.15) is 12.1 Å². The molecule has 2 rings (SSSR count). The topological polar surface area (TPSA) is 35.8 Å². The maximum atomic E-state index is 13.3. The van der Waals surface area contributed by atoms with Gasteiger partial charge >= 0.3 is 0 Å². The number of nitrogens with zero attached hydrogens (tertiary/aromatic N) is 4. The van der Waals surface area contributed by atoms with E-state index in [0.717, 1.165) is 37.7 Å². The Morgan fingerprint density at radius 2 is 2.00 bits per heavy atom. The molecule has 1 N–H and O–H groups in total. The van der Waals surface area contributed by atoms with Gasteiger partial charge in [0.1, 0.15) is 5.82 Å². The highest BCUT2D eigenvalue weighted by Gasteiger charge is 2.08. The molecule has 1 aromatic carbocycles. The predicted octanol–water partition coefficient (Wildman–Crippen LogP) is 3.32. The Balaban J connectivity index is 0.00000338. The van der Waals surface area contributed by atoms with E-state index in [2.05, 4.69) is 30.7 Å². The van der Waals surface area contributed by atoms with E-state index in [0.29, 0.717) is 0 Å². The van der Waals surface area contributed by atoms with E-state index in [-0.39, 0.29) is 29.8 Å². The summed E-state index contributed by atoms with van der Waals surface area (Å²) in [5.41, 5.74) is 2.13. The number of nitrogens with one attached hydrogen (secondary N) is 1. The Labute approximate surface area is 172 Å². The zero-order valence-electron chi connectivity index (χ0n) is 15.9. The predicted molar refractivity (Wildman–Crippen MR) is 118 cm³/mol. The van der Waals surface area contributed by atoms with Crippen molar-refractivity contribution in [3.05, 3.63) is 54.1 Å². The molecule has 0 radical (unpaired) electrons. The van der Waals surface area contributed by atoms with E-state index in [4.69, 9.17) is 0 Å². The highest BCUT2D eigenvalue weighted by Crippen LogP contribution is 2.13. The van der Waals surface area contributed by atoms with Crippen molar-refractivity contribution in [1.29, 1.82) is 0 Å². The van der Waals surface area contributed by atoms with E-state index in [9.17, 15) is 4.39 Å². The van der Waals surface area contributed by atoms with Gasteiger partial charge in [-0.25, -0.2) is 4.39 Å². The summed E-state index contributed by atoms with van der Waals surface area (Å²) in [6.45, 7) is 2.45. The third kappa shape index (κ3) is 6.51. The summed E-state index contributed by atoms with van der Waals surface area (Å²) in [4.78, 5) is 8.50. The van der Waals surface area contributed by atoms with Crippen LogP contribution in [0.2, 0.25) is 0 Å². The van der Waals surface area contributed by atoms with Gasteiger partial charge in [-0.1, -0.05) is 6.07 Å². The van der Waals surface area contributed by atoms with Gasteiger partial charge in [0, 0.05) is 58.9 Å². The van der Waals surface area contributed by atoms with Crippen LogP contribution in [-0.2, 0) is 13.6 Å². The first-order chi connectivity index (χ1) is 12.0. The van der Waals surface area contributed by atoms with Crippen molar-refractivity contribution in [3.8, 4) is 0 Å². The van der Waals surface area contributed by atoms with Crippen LogP contribution >= 0.6 is 24.0 Å². The number of aryl methyl sites for hydroxylation is 1. The van der Waals surface area contributed by atoms with Gasteiger partial charge in [0.15, 0.2) is 5.96 Å². The molecule has 0 amide bonds. The van der Waals surface area contributed by atoms with Gasteiger partial charge in [-0.2, -0.15) is 0 Å². The van der Waals surface area contributed by atoms with Gasteiger partial charge in [0.25, 0.3) is 0 Å². The van der Waals surface area contributed by atoms with Gasteiger partial charge in [-0.15, -0.1) is 24.0 Å². The van der Waals surface area contributed by atoms with Crippen molar-refractivity contribution < 1.29 is 4.39 Å². The molecule has 1 heterocycles. The number of rotatable bonds is 7. The average molecular weight is 473 g/mol. The molecule has 26 heavy (non-hydrogen) atoms. The normalized spacial score (nSPS) is 11.0. The number of guanidine groups is 1. The van der Waals surface area contributed by atoms with Gasteiger partial charge < -0.3 is 19.7 Å². The minimum atomic E-state index is -0.204. The lowest BCUT2D eigenvalue weighted by Gasteiger charge is -2.23. The van der Waals surface area contributed by atoms with E-state index < -0.39 is 0 Å². The van der Waals surface area contributed by atoms with Crippen LogP contribution in [0.15, 0.2) is 47.6 Å². The molecule has 0 aliphatic heterocycles. The summed E-state index contributed by atoms with van der Waals surface area (Å²) in [5, 5.41) is 3.39. The Bertz CT molecular complexity index is 701. The molecular weight excluding hydrogens is 444 g/mol. The minimum absolute atomic E-state index is 0. The molecule has 0 atom stereocenters. The molecule has 0 aliphatic rings. The third-order valence-corrected chi connectivity index (χ3v) is 4.23. The zero-order chi connectivity index (χ0) is 18.2. The van der Waals surface area contributed by atoms with E-state index in [1.54, 1.807) is 19.2 Å². The molecule has 0 bridgehead atoms. The van der Waals surface area contributed by atoms with Crippen LogP contribution in [0.5, 0.6) is 0 Å². The molecule has 0 saturated heterocycles. The molecule has 7 heteroatoms. The maximum Gasteiger partial charge on any atom is 0.193 e. The highest BCUT2D eigenvalue weighted by atomic mass is 127. The molecule has 0 saturated carbocycles. The van der Waals surface area contributed by atoms with Gasteiger partial charge in [0.2, 0.25) is 0 Å². The van der Waals surface area contributed by atoms with Crippen molar-refractivity contribution in [2.45, 2.75) is 13.0 Å². The smallest absolute Gasteiger partial charge is 0.193 e. The maximum absolute atomic E-state index is 13.3. The van der Waals surface area contributed by atoms with E-state index in [1.807, 2.05) is 39.5 Å². The van der Waals surface area contributed by atoms with Gasteiger partial charge in [0.05, 0.1) is 6.54 Å². The largest absolute Gasteiger partial charge is 0.374 e. The summed E-state index contributed by atoms with van der Waals surface area (Å²) in [5.74, 6) is 0.666. The van der Waals surface area contributed by atoms with E-state index in [1.165, 1.54) is 11.8 Å². The molecule has 0 aliphatic carbocycles. The molecule has 5 nitrogen and oxygen atoms in total. The first-order valence-electron chi connectivity index (χ1n) is 8.50. The number of hydrogen-bond donors (Lipinski definition) is 1. The van der Waals surface area contributed by atoms with Crippen molar-refractivity contribution in [2.75, 3.05) is 39.1 Å². The lowest BCUT2D eigenvalue weighted by atomic mass is 10.2. The fraction of sp³-hybridized carbons (Fsp3) is 0.421. The molecule has 2 aromatic rings. The SMILES string of the molecule is CN=C(NCCCN(C)c1cccc(F)c1)N(C)Cc1cccn1C.I. The Kier molecular flexibility index (Phi) is 9.47. The summed E-state index contributed by atoms with van der Waals surface area (Å²) in [6.07, 6.45) is 2.98. The van der Waals surface area contributed by atoms with E-state index >= 15 is 0 Å². The molecule has 144 valence electrons. The van der Waals surface area contributed by atoms with Gasteiger partial charge in [-0.05, 0) is 36.8 Å². The molecule has 0 fully saturated rings. The number of halogens is 2. The summed E-state index contributed by atoms with van der Waals surface area (Å²) in [6, 6.07) is 10.8. The Hall–Kier alpha value is -1.77. The summed E-state index contributed by atoms with van der Waals surface area (Å²) in [7, 11) is 7.84. The number of aliphatic imine (C=N–C) groups is 1. The minimum Gasteiger partial charge on any atom is -0.374 e. The second kappa shape index (κ2) is 11.1. The van der Waals surface area contributed by atoms with Crippen LogP contribution < -0.4 is 10.2 Å². The van der Waals surface area contributed by atoms with Crippen LogP contribution in [0.3, 0.4) is 0 Å². The lowest BCUT2D eigenvalue weighted by Crippen LogP contribution is -2.39. The van der Waals surface area contributed by atoms with Crippen molar-refractivity contribution in [1.82, 2.24) is 14.8 Å². The van der Waals surface area contributed by atoms with Crippen LogP contribution in [0, 0.1) is 5.82 Å². The first-order valence-corrected chi connectivity index (χ1v) is 8.50. The van der Waals surface area contributed by atoms with Crippen molar-refractivity contribution >= 4 is 35.6 Å². The van der Waals surface area contributed by atoms with Gasteiger partial charge in [-0.3, -0.25) is 4.99 Å². The first kappa shape index (κ1) is 22.3. The number of aromatic nitrogens is 1. The molecular formula is C19H29FIN5. The molecule has 1 aromatic heterocycles. The lowest BCUT2D eigenvalue weighted by molar-refractivity contribution is 0.461. The fourth-order valence-electron chi connectivity index (χ4n) is 2.72. The average Bonchev–Trinajstić information content (AvgIpc) is 2.99. The number of anilines is 1. The Morgan fingerprint density at radius 3 is 2.62 bits per heavy atom. The second-order valence-electron chi connectivity index (χ2n) is 6.20. The third-order valence-electron chi connectivity index (χ3n) is 4.23. The second-order valence-corrected chi connectivity index (χ2v) is 6.20. The monoisotopic (exact) mass is 473 g/mol. The van der Waals surface area contributed by atoms with Crippen LogP contribution in [0.25, 0.3) is 0 Å². The molecule has 0 unspecified atom stereocenters. The van der Waals surface area contributed by atoms with Crippen LogP contribution in [0.4, 0.5) is 10.1 Å². The summed E-state index contributed by atoms with van der Waals surface area (Å²) < 4.78 is 15.4. The Morgan fingerprint density at radius 1 is 1.23 bits per heavy atom.